The SMILES string of the molecule is CC(C)C1=CC(N(c2ccccc2)c2ccc3ccccc3c2)C2=CCc3c(C(C)C)cc(N(c4ccccc4)c4ccccn4)c4ccc1c2c34. The molecule has 0 saturated heterocycles. The number of aromatic nitrogens is 1. The largest absolute Gasteiger partial charge is 0.330 e. The van der Waals surface area contributed by atoms with E-state index >= 15 is 0 Å². The summed E-state index contributed by atoms with van der Waals surface area (Å²) in [6, 6.07) is 50.7. The molecule has 1 unspecified atom stereocenters. The lowest BCUT2D eigenvalue weighted by Gasteiger charge is -2.41. The fraction of sp³-hybridized carbons (Fsp3) is 0.163. The number of hydrogen-bond donors (Lipinski definition) is 0. The molecule has 0 aliphatic heterocycles. The first-order chi connectivity index (χ1) is 25.5. The fourth-order valence-corrected chi connectivity index (χ4v) is 8.54. The Labute approximate surface area is 307 Å². The van der Waals surface area contributed by atoms with Crippen LogP contribution in [0.4, 0.5) is 28.6 Å². The number of fused-ring (bicyclic) bond motifs is 1. The maximum absolute atomic E-state index is 4.91. The van der Waals surface area contributed by atoms with E-state index in [1.54, 1.807) is 0 Å². The Balaban J connectivity index is 1.33. The molecule has 2 aliphatic rings. The van der Waals surface area contributed by atoms with Gasteiger partial charge in [0.15, 0.2) is 0 Å². The Kier molecular flexibility index (Phi) is 8.00. The average Bonchev–Trinajstić information content (AvgIpc) is 3.18. The average molecular weight is 674 g/mol. The van der Waals surface area contributed by atoms with Gasteiger partial charge in [-0.2, -0.15) is 0 Å². The van der Waals surface area contributed by atoms with Crippen molar-refractivity contribution in [3.63, 3.8) is 0 Å². The third-order valence-electron chi connectivity index (χ3n) is 10.9. The van der Waals surface area contributed by atoms with E-state index in [1.807, 2.05) is 12.3 Å². The van der Waals surface area contributed by atoms with E-state index in [2.05, 4.69) is 183 Å². The number of nitrogens with zero attached hydrogens (tertiary/aromatic N) is 3. The van der Waals surface area contributed by atoms with Gasteiger partial charge in [-0.25, -0.2) is 4.98 Å². The number of benzene rings is 6. The van der Waals surface area contributed by atoms with Gasteiger partial charge in [-0.15, -0.1) is 0 Å². The predicted molar refractivity (Wildman–Crippen MR) is 221 cm³/mol. The van der Waals surface area contributed by atoms with Crippen molar-refractivity contribution in [3.8, 4) is 0 Å². The second kappa shape index (κ2) is 13.0. The molecule has 6 aromatic carbocycles. The third kappa shape index (κ3) is 5.31. The number of allylic oxidation sites excluding steroid dienone is 2. The topological polar surface area (TPSA) is 19.4 Å². The highest BCUT2D eigenvalue weighted by Crippen LogP contribution is 2.52. The molecule has 0 bridgehead atoms. The third-order valence-corrected chi connectivity index (χ3v) is 10.9. The van der Waals surface area contributed by atoms with Crippen LogP contribution in [0.25, 0.3) is 32.7 Å². The maximum Gasteiger partial charge on any atom is 0.137 e. The lowest BCUT2D eigenvalue weighted by atomic mass is 9.72. The first-order valence-electron chi connectivity index (χ1n) is 18.6. The Hall–Kier alpha value is -5.93. The van der Waals surface area contributed by atoms with Gasteiger partial charge in [0.2, 0.25) is 0 Å². The van der Waals surface area contributed by atoms with Gasteiger partial charge in [0.05, 0.1) is 11.7 Å². The molecule has 0 amide bonds. The number of rotatable bonds is 8. The van der Waals surface area contributed by atoms with E-state index in [1.165, 1.54) is 72.0 Å². The minimum Gasteiger partial charge on any atom is -0.330 e. The Bertz CT molecular complexity index is 2460. The van der Waals surface area contributed by atoms with E-state index in [0.717, 1.165) is 17.9 Å². The Morgan fingerprint density at radius 1 is 0.635 bits per heavy atom. The monoisotopic (exact) mass is 673 g/mol. The molecule has 0 saturated carbocycles. The first-order valence-corrected chi connectivity index (χ1v) is 18.6. The van der Waals surface area contributed by atoms with Crippen LogP contribution in [0.5, 0.6) is 0 Å². The number of hydrogen-bond acceptors (Lipinski definition) is 3. The molecule has 1 heterocycles. The van der Waals surface area contributed by atoms with Gasteiger partial charge < -0.3 is 4.90 Å². The number of pyridine rings is 1. The smallest absolute Gasteiger partial charge is 0.137 e. The molecule has 9 rings (SSSR count). The summed E-state index contributed by atoms with van der Waals surface area (Å²) in [6.45, 7) is 9.36. The lowest BCUT2D eigenvalue weighted by molar-refractivity contribution is 0.831. The minimum atomic E-state index is 0.0133. The van der Waals surface area contributed by atoms with Crippen LogP contribution in [0.15, 0.2) is 158 Å². The molecule has 2 aliphatic carbocycles. The molecule has 1 aromatic heterocycles. The van der Waals surface area contributed by atoms with Gasteiger partial charge in [-0.05, 0) is 122 Å². The van der Waals surface area contributed by atoms with Gasteiger partial charge >= 0.3 is 0 Å². The molecule has 0 spiro atoms. The second-order valence-electron chi connectivity index (χ2n) is 14.7. The molecule has 0 N–H and O–H groups in total. The minimum absolute atomic E-state index is 0.0133. The molecule has 0 fully saturated rings. The summed E-state index contributed by atoms with van der Waals surface area (Å²) in [4.78, 5) is 9.82. The highest BCUT2D eigenvalue weighted by molar-refractivity contribution is 6.12. The van der Waals surface area contributed by atoms with E-state index < -0.39 is 0 Å². The molecule has 254 valence electrons. The summed E-state index contributed by atoms with van der Waals surface area (Å²) in [6.07, 6.45) is 7.88. The van der Waals surface area contributed by atoms with Gasteiger partial charge in [0, 0.05) is 28.6 Å². The van der Waals surface area contributed by atoms with Crippen LogP contribution in [0.2, 0.25) is 0 Å². The summed E-state index contributed by atoms with van der Waals surface area (Å²) < 4.78 is 0. The van der Waals surface area contributed by atoms with Crippen molar-refractivity contribution in [2.24, 2.45) is 5.92 Å². The quantitative estimate of drug-likeness (QED) is 0.160. The molecular formula is C49H43N3. The molecule has 52 heavy (non-hydrogen) atoms. The van der Waals surface area contributed by atoms with Crippen LogP contribution in [0, 0.1) is 5.92 Å². The highest BCUT2D eigenvalue weighted by atomic mass is 15.2. The highest BCUT2D eigenvalue weighted by Gasteiger charge is 2.36. The van der Waals surface area contributed by atoms with Crippen molar-refractivity contribution >= 4 is 61.3 Å². The van der Waals surface area contributed by atoms with Crippen LogP contribution in [-0.4, -0.2) is 11.0 Å². The van der Waals surface area contributed by atoms with E-state index in [9.17, 15) is 0 Å². The first kappa shape index (κ1) is 32.0. The van der Waals surface area contributed by atoms with Gasteiger partial charge in [0.1, 0.15) is 5.82 Å². The zero-order chi connectivity index (χ0) is 35.3. The van der Waals surface area contributed by atoms with Crippen LogP contribution < -0.4 is 9.80 Å². The summed E-state index contributed by atoms with van der Waals surface area (Å²) in [5.74, 6) is 1.61. The second-order valence-corrected chi connectivity index (χ2v) is 14.7. The van der Waals surface area contributed by atoms with Crippen LogP contribution >= 0.6 is 0 Å². The fourth-order valence-electron chi connectivity index (χ4n) is 8.54. The van der Waals surface area contributed by atoms with Crippen LogP contribution in [0.1, 0.15) is 55.9 Å². The molecule has 1 atom stereocenters. The molecule has 3 heteroatoms. The van der Waals surface area contributed by atoms with Gasteiger partial charge in [-0.1, -0.05) is 125 Å². The molecule has 0 radical (unpaired) electrons. The van der Waals surface area contributed by atoms with Crippen LogP contribution in [-0.2, 0) is 6.42 Å². The summed E-state index contributed by atoms with van der Waals surface area (Å²) in [5, 5.41) is 5.15. The van der Waals surface area contributed by atoms with Crippen molar-refractivity contribution < 1.29 is 0 Å². The number of anilines is 5. The van der Waals surface area contributed by atoms with Gasteiger partial charge in [-0.3, -0.25) is 4.90 Å². The summed E-state index contributed by atoms with van der Waals surface area (Å²) in [7, 11) is 0. The molecule has 7 aromatic rings. The van der Waals surface area contributed by atoms with Crippen molar-refractivity contribution in [2.75, 3.05) is 9.80 Å². The standard InChI is InChI=1S/C49H43N3/c1-32(2)43-30-45(51(36-17-7-5-8-18-36)38-23-22-34-15-11-12-16-35(34)29-38)41-26-24-40-44(33(3)4)31-46(42-27-25-39(43)48(41)49(40)42)52(37-19-9-6-10-20-37)47-21-13-14-28-50-47/h5-23,25-33,45H,24H2,1-4H3. The summed E-state index contributed by atoms with van der Waals surface area (Å²) >= 11 is 0. The van der Waals surface area contributed by atoms with Gasteiger partial charge in [0.25, 0.3) is 0 Å². The van der Waals surface area contributed by atoms with Crippen molar-refractivity contribution in [1.82, 2.24) is 4.98 Å². The lowest BCUT2D eigenvalue weighted by Crippen LogP contribution is -2.34. The summed E-state index contributed by atoms with van der Waals surface area (Å²) in [5.41, 5.74) is 13.0. The van der Waals surface area contributed by atoms with Crippen molar-refractivity contribution in [3.05, 3.63) is 180 Å². The normalized spacial score (nSPS) is 14.8. The van der Waals surface area contributed by atoms with Crippen LogP contribution in [0.3, 0.4) is 0 Å². The Morgan fingerprint density at radius 2 is 1.35 bits per heavy atom. The molecule has 3 nitrogen and oxygen atoms in total. The van der Waals surface area contributed by atoms with E-state index in [0.29, 0.717) is 11.8 Å². The molecular weight excluding hydrogens is 631 g/mol. The van der Waals surface area contributed by atoms with E-state index in [4.69, 9.17) is 4.98 Å². The van der Waals surface area contributed by atoms with E-state index in [-0.39, 0.29) is 6.04 Å². The zero-order valence-electron chi connectivity index (χ0n) is 30.3. The number of para-hydroxylation sites is 2. The van der Waals surface area contributed by atoms with Crippen molar-refractivity contribution in [1.29, 1.82) is 0 Å². The maximum atomic E-state index is 4.91. The van der Waals surface area contributed by atoms with Crippen molar-refractivity contribution in [2.45, 2.75) is 46.1 Å². The Morgan fingerprint density at radius 3 is 2.06 bits per heavy atom. The predicted octanol–water partition coefficient (Wildman–Crippen LogP) is 13.2. The zero-order valence-corrected chi connectivity index (χ0v) is 30.3.